The molecule has 2 aromatic rings. The standard InChI is InChI=1S/C8H11N5O/c1-5-4-6-10-11-8(14)13(6)7(9-5)12(2)3/h4H,1-3H3,(H,11,14). The minimum Gasteiger partial charge on any atom is -0.348 e. The topological polar surface area (TPSA) is 66.3 Å². The van der Waals surface area contributed by atoms with Crippen molar-refractivity contribution in [3.8, 4) is 0 Å². The van der Waals surface area contributed by atoms with Gasteiger partial charge in [0, 0.05) is 25.9 Å². The summed E-state index contributed by atoms with van der Waals surface area (Å²) in [6.07, 6.45) is 0. The summed E-state index contributed by atoms with van der Waals surface area (Å²) in [5.74, 6) is 0.582. The first kappa shape index (κ1) is 8.74. The minimum atomic E-state index is -0.267. The second kappa shape index (κ2) is 2.83. The molecule has 0 bridgehead atoms. The van der Waals surface area contributed by atoms with Gasteiger partial charge in [-0.3, -0.25) is 0 Å². The maximum absolute atomic E-state index is 11.4. The molecule has 0 saturated carbocycles. The molecule has 6 heteroatoms. The summed E-state index contributed by atoms with van der Waals surface area (Å²) < 4.78 is 1.44. The molecule has 0 radical (unpaired) electrons. The van der Waals surface area contributed by atoms with Gasteiger partial charge in [0.1, 0.15) is 0 Å². The predicted molar refractivity (Wildman–Crippen MR) is 52.7 cm³/mol. The fraction of sp³-hybridized carbons (Fsp3) is 0.375. The lowest BCUT2D eigenvalue weighted by molar-refractivity contribution is 0.916. The molecule has 2 rings (SSSR count). The van der Waals surface area contributed by atoms with Crippen molar-refractivity contribution in [2.75, 3.05) is 19.0 Å². The molecule has 2 aromatic heterocycles. The largest absolute Gasteiger partial charge is 0.350 e. The Hall–Kier alpha value is -1.85. The number of hydrogen-bond donors (Lipinski definition) is 1. The smallest absolute Gasteiger partial charge is 0.348 e. The normalized spacial score (nSPS) is 10.8. The van der Waals surface area contributed by atoms with E-state index < -0.39 is 0 Å². The van der Waals surface area contributed by atoms with Crippen LogP contribution in [0.2, 0.25) is 0 Å². The first-order valence-corrected chi connectivity index (χ1v) is 4.21. The van der Waals surface area contributed by atoms with Crippen LogP contribution >= 0.6 is 0 Å². The van der Waals surface area contributed by atoms with E-state index in [0.29, 0.717) is 11.6 Å². The van der Waals surface area contributed by atoms with Gasteiger partial charge in [-0.1, -0.05) is 0 Å². The maximum atomic E-state index is 11.4. The van der Waals surface area contributed by atoms with Crippen LogP contribution in [0, 0.1) is 6.92 Å². The second-order valence-electron chi connectivity index (χ2n) is 3.31. The number of aromatic amines is 1. The third kappa shape index (κ3) is 1.15. The molecule has 2 heterocycles. The number of nitrogens with zero attached hydrogens (tertiary/aromatic N) is 4. The summed E-state index contributed by atoms with van der Waals surface area (Å²) in [6.45, 7) is 1.87. The number of hydrogen-bond acceptors (Lipinski definition) is 4. The van der Waals surface area contributed by atoms with Crippen LogP contribution in [0.1, 0.15) is 5.69 Å². The third-order valence-corrected chi connectivity index (χ3v) is 1.91. The van der Waals surface area contributed by atoms with Crippen LogP contribution in [-0.4, -0.2) is 33.7 Å². The monoisotopic (exact) mass is 193 g/mol. The summed E-state index contributed by atoms with van der Waals surface area (Å²) in [4.78, 5) is 17.4. The Balaban J connectivity index is 2.91. The van der Waals surface area contributed by atoms with Crippen LogP contribution in [0.25, 0.3) is 5.65 Å². The molecule has 0 atom stereocenters. The summed E-state index contributed by atoms with van der Waals surface area (Å²) in [5.41, 5.74) is 1.16. The van der Waals surface area contributed by atoms with Gasteiger partial charge in [-0.2, -0.15) is 5.10 Å². The van der Waals surface area contributed by atoms with Gasteiger partial charge in [0.15, 0.2) is 5.65 Å². The predicted octanol–water partition coefficient (Wildman–Crippen LogP) is -0.208. The van der Waals surface area contributed by atoms with E-state index >= 15 is 0 Å². The highest BCUT2D eigenvalue weighted by Crippen LogP contribution is 2.09. The molecule has 0 aromatic carbocycles. The zero-order chi connectivity index (χ0) is 10.3. The zero-order valence-electron chi connectivity index (χ0n) is 8.27. The van der Waals surface area contributed by atoms with Crippen LogP contribution in [0.5, 0.6) is 0 Å². The molecule has 14 heavy (non-hydrogen) atoms. The molecule has 74 valence electrons. The first-order valence-electron chi connectivity index (χ1n) is 4.21. The van der Waals surface area contributed by atoms with E-state index in [1.54, 1.807) is 11.0 Å². The summed E-state index contributed by atoms with van der Waals surface area (Å²) in [6, 6.07) is 1.75. The highest BCUT2D eigenvalue weighted by Gasteiger charge is 2.09. The highest BCUT2D eigenvalue weighted by molar-refractivity contribution is 5.46. The van der Waals surface area contributed by atoms with Gasteiger partial charge in [0.05, 0.1) is 0 Å². The lowest BCUT2D eigenvalue weighted by Crippen LogP contribution is -2.21. The van der Waals surface area contributed by atoms with E-state index in [1.165, 1.54) is 4.40 Å². The Morgan fingerprint density at radius 1 is 1.50 bits per heavy atom. The van der Waals surface area contributed by atoms with Crippen molar-refractivity contribution in [3.63, 3.8) is 0 Å². The molecule has 0 unspecified atom stereocenters. The molecule has 6 nitrogen and oxygen atoms in total. The minimum absolute atomic E-state index is 0.267. The molecular weight excluding hydrogens is 182 g/mol. The fourth-order valence-corrected chi connectivity index (χ4v) is 1.33. The molecular formula is C8H11N5O. The van der Waals surface area contributed by atoms with E-state index in [4.69, 9.17) is 0 Å². The molecule has 0 fully saturated rings. The molecule has 1 N–H and O–H groups in total. The lowest BCUT2D eigenvalue weighted by atomic mass is 10.4. The zero-order valence-corrected chi connectivity index (χ0v) is 8.27. The van der Waals surface area contributed by atoms with Gasteiger partial charge in [-0.25, -0.2) is 19.3 Å². The van der Waals surface area contributed by atoms with Gasteiger partial charge in [0.2, 0.25) is 5.95 Å². The van der Waals surface area contributed by atoms with E-state index in [0.717, 1.165) is 5.69 Å². The van der Waals surface area contributed by atoms with E-state index in [-0.39, 0.29) is 5.69 Å². The Morgan fingerprint density at radius 3 is 2.86 bits per heavy atom. The second-order valence-corrected chi connectivity index (χ2v) is 3.31. The fourth-order valence-electron chi connectivity index (χ4n) is 1.33. The van der Waals surface area contributed by atoms with E-state index in [1.807, 2.05) is 21.0 Å². The van der Waals surface area contributed by atoms with Crippen LogP contribution in [-0.2, 0) is 0 Å². The highest BCUT2D eigenvalue weighted by atomic mass is 16.1. The Bertz CT molecular complexity index is 524. The quantitative estimate of drug-likeness (QED) is 0.680. The Kier molecular flexibility index (Phi) is 1.77. The van der Waals surface area contributed by atoms with Gasteiger partial charge in [-0.05, 0) is 6.92 Å². The average Bonchev–Trinajstić information content (AvgIpc) is 2.46. The summed E-state index contributed by atoms with van der Waals surface area (Å²) >= 11 is 0. The van der Waals surface area contributed by atoms with E-state index in [9.17, 15) is 4.79 Å². The average molecular weight is 193 g/mol. The van der Waals surface area contributed by atoms with Crippen molar-refractivity contribution >= 4 is 11.6 Å². The van der Waals surface area contributed by atoms with Gasteiger partial charge in [-0.15, -0.1) is 0 Å². The molecule has 0 spiro atoms. The molecule has 0 aliphatic rings. The summed E-state index contributed by atoms with van der Waals surface area (Å²) in [5, 5.41) is 6.27. The molecule has 0 aliphatic heterocycles. The van der Waals surface area contributed by atoms with Crippen LogP contribution < -0.4 is 10.6 Å². The van der Waals surface area contributed by atoms with Gasteiger partial charge >= 0.3 is 5.69 Å². The van der Waals surface area contributed by atoms with Crippen LogP contribution in [0.15, 0.2) is 10.9 Å². The maximum Gasteiger partial charge on any atom is 0.350 e. The Labute approximate surface area is 80.2 Å². The van der Waals surface area contributed by atoms with Gasteiger partial charge in [0.25, 0.3) is 0 Å². The van der Waals surface area contributed by atoms with Crippen molar-refractivity contribution < 1.29 is 0 Å². The van der Waals surface area contributed by atoms with Crippen LogP contribution in [0.4, 0.5) is 5.95 Å². The Morgan fingerprint density at radius 2 is 2.21 bits per heavy atom. The van der Waals surface area contributed by atoms with Crippen molar-refractivity contribution in [1.29, 1.82) is 0 Å². The SMILES string of the molecule is Cc1cc2n[nH]c(=O)n2c(N(C)C)n1. The van der Waals surface area contributed by atoms with Crippen molar-refractivity contribution in [2.45, 2.75) is 6.92 Å². The van der Waals surface area contributed by atoms with Crippen molar-refractivity contribution in [2.24, 2.45) is 0 Å². The number of anilines is 1. The van der Waals surface area contributed by atoms with Crippen molar-refractivity contribution in [1.82, 2.24) is 19.6 Å². The van der Waals surface area contributed by atoms with Crippen molar-refractivity contribution in [3.05, 3.63) is 22.2 Å². The number of fused-ring (bicyclic) bond motifs is 1. The first-order chi connectivity index (χ1) is 6.59. The number of H-pyrrole nitrogens is 1. The number of aromatic nitrogens is 4. The molecule has 0 amide bonds. The van der Waals surface area contributed by atoms with E-state index in [2.05, 4.69) is 15.2 Å². The lowest BCUT2D eigenvalue weighted by Gasteiger charge is -2.12. The van der Waals surface area contributed by atoms with Gasteiger partial charge < -0.3 is 4.90 Å². The number of rotatable bonds is 1. The summed E-state index contributed by atoms with van der Waals surface area (Å²) in [7, 11) is 3.67. The van der Waals surface area contributed by atoms with Crippen LogP contribution in [0.3, 0.4) is 0 Å². The molecule has 0 saturated heterocycles. The third-order valence-electron chi connectivity index (χ3n) is 1.91. The number of aryl methyl sites for hydroxylation is 1. The molecule has 0 aliphatic carbocycles. The number of nitrogens with one attached hydrogen (secondary N) is 1.